The molecule has 0 aliphatic heterocycles. The summed E-state index contributed by atoms with van der Waals surface area (Å²) < 4.78 is 68.5. The van der Waals surface area contributed by atoms with Gasteiger partial charge in [-0.15, -0.1) is 0 Å². The highest BCUT2D eigenvalue weighted by Gasteiger charge is 2.30. The Morgan fingerprint density at radius 3 is 0.660 bits per heavy atom. The minimum Gasteiger partial charge on any atom is -0.462 e. The second-order valence-electron chi connectivity index (χ2n) is 28.9. The summed E-state index contributed by atoms with van der Waals surface area (Å²) in [6, 6.07) is 0. The van der Waals surface area contributed by atoms with Crippen molar-refractivity contribution in [3.05, 3.63) is 0 Å². The molecule has 0 radical (unpaired) electrons. The van der Waals surface area contributed by atoms with E-state index in [9.17, 15) is 43.2 Å². The highest BCUT2D eigenvalue weighted by molar-refractivity contribution is 7.47. The van der Waals surface area contributed by atoms with Crippen molar-refractivity contribution >= 4 is 39.5 Å². The van der Waals surface area contributed by atoms with E-state index in [1.165, 1.54) is 173 Å². The molecule has 0 spiro atoms. The van der Waals surface area contributed by atoms with Gasteiger partial charge < -0.3 is 33.8 Å². The molecular weight excluding hydrogens is 1230 g/mol. The minimum atomic E-state index is -4.96. The summed E-state index contributed by atoms with van der Waals surface area (Å²) in [6.07, 6.45) is 48.7. The van der Waals surface area contributed by atoms with Crippen molar-refractivity contribution in [2.24, 2.45) is 23.7 Å². The van der Waals surface area contributed by atoms with Crippen molar-refractivity contribution < 1.29 is 80.2 Å². The van der Waals surface area contributed by atoms with E-state index in [-0.39, 0.29) is 25.7 Å². The first-order valence-corrected chi connectivity index (χ1v) is 41.7. The predicted molar refractivity (Wildman–Crippen MR) is 381 cm³/mol. The van der Waals surface area contributed by atoms with E-state index in [0.29, 0.717) is 31.6 Å². The first-order chi connectivity index (χ1) is 45.1. The Balaban J connectivity index is 5.22. The average Bonchev–Trinajstić information content (AvgIpc) is 2.07. The molecule has 0 aromatic rings. The number of phosphoric ester groups is 2. The first-order valence-electron chi connectivity index (χ1n) is 38.7. The van der Waals surface area contributed by atoms with Gasteiger partial charge in [0.15, 0.2) is 12.2 Å². The number of hydrogen-bond donors (Lipinski definition) is 3. The maximum atomic E-state index is 13.1. The molecule has 0 saturated carbocycles. The largest absolute Gasteiger partial charge is 0.472 e. The van der Waals surface area contributed by atoms with Crippen LogP contribution in [0.5, 0.6) is 0 Å². The average molecular weight is 1380 g/mol. The van der Waals surface area contributed by atoms with Crippen molar-refractivity contribution in [2.45, 2.75) is 395 Å². The van der Waals surface area contributed by atoms with Crippen LogP contribution in [0.2, 0.25) is 0 Å². The Morgan fingerprint density at radius 2 is 0.447 bits per heavy atom. The number of hydrogen-bond acceptors (Lipinski definition) is 15. The van der Waals surface area contributed by atoms with Gasteiger partial charge >= 0.3 is 39.5 Å². The van der Waals surface area contributed by atoms with Crippen molar-refractivity contribution in [3.8, 4) is 0 Å². The van der Waals surface area contributed by atoms with Gasteiger partial charge in [-0.25, -0.2) is 9.13 Å². The van der Waals surface area contributed by atoms with Crippen molar-refractivity contribution in [3.63, 3.8) is 0 Å². The Hall–Kier alpha value is -1.94. The van der Waals surface area contributed by atoms with Crippen LogP contribution in [0.1, 0.15) is 376 Å². The molecule has 0 aliphatic carbocycles. The third-order valence-electron chi connectivity index (χ3n) is 17.3. The number of ether oxygens (including phenoxy) is 4. The highest BCUT2D eigenvalue weighted by atomic mass is 31.2. The molecule has 0 saturated heterocycles. The molecule has 0 aromatic carbocycles. The van der Waals surface area contributed by atoms with Crippen LogP contribution in [0, 0.1) is 23.7 Å². The Kier molecular flexibility index (Phi) is 63.1. The van der Waals surface area contributed by atoms with Crippen LogP contribution in [0.4, 0.5) is 0 Å². The fourth-order valence-electron chi connectivity index (χ4n) is 11.4. The summed E-state index contributed by atoms with van der Waals surface area (Å²) in [5.74, 6) is 0.882. The molecule has 3 N–H and O–H groups in total. The molecule has 19 heteroatoms. The van der Waals surface area contributed by atoms with Crippen LogP contribution in [-0.4, -0.2) is 96.7 Å². The molecule has 0 heterocycles. The number of aliphatic hydroxyl groups excluding tert-OH is 1. The Labute approximate surface area is 575 Å². The Bertz CT molecular complexity index is 1850. The summed E-state index contributed by atoms with van der Waals surface area (Å²) in [5, 5.41) is 10.6. The summed E-state index contributed by atoms with van der Waals surface area (Å²) >= 11 is 0. The topological polar surface area (TPSA) is 237 Å². The van der Waals surface area contributed by atoms with Crippen molar-refractivity contribution in [2.75, 3.05) is 39.6 Å². The molecule has 3 unspecified atom stereocenters. The van der Waals surface area contributed by atoms with Gasteiger partial charge in [0.1, 0.15) is 19.3 Å². The van der Waals surface area contributed by atoms with Crippen molar-refractivity contribution in [1.29, 1.82) is 0 Å². The smallest absolute Gasteiger partial charge is 0.462 e. The molecule has 94 heavy (non-hydrogen) atoms. The molecule has 0 bridgehead atoms. The highest BCUT2D eigenvalue weighted by Crippen LogP contribution is 2.45. The molecule has 17 nitrogen and oxygen atoms in total. The van der Waals surface area contributed by atoms with Crippen LogP contribution in [0.3, 0.4) is 0 Å². The second kappa shape index (κ2) is 64.4. The summed E-state index contributed by atoms with van der Waals surface area (Å²) in [6.45, 7) is 14.1. The van der Waals surface area contributed by atoms with Gasteiger partial charge in [-0.05, 0) is 49.4 Å². The third-order valence-corrected chi connectivity index (χ3v) is 19.2. The van der Waals surface area contributed by atoms with Gasteiger partial charge in [-0.3, -0.25) is 37.3 Å². The van der Waals surface area contributed by atoms with Gasteiger partial charge in [-0.2, -0.15) is 0 Å². The van der Waals surface area contributed by atoms with E-state index < -0.39 is 97.5 Å². The molecule has 0 rings (SSSR count). The van der Waals surface area contributed by atoms with Gasteiger partial charge in [0, 0.05) is 25.7 Å². The number of rotatable bonds is 72. The van der Waals surface area contributed by atoms with Crippen LogP contribution in [0.25, 0.3) is 0 Å². The Morgan fingerprint density at radius 1 is 0.266 bits per heavy atom. The zero-order valence-electron chi connectivity index (χ0n) is 61.6. The van der Waals surface area contributed by atoms with Gasteiger partial charge in [0.25, 0.3) is 0 Å². The molecule has 558 valence electrons. The first kappa shape index (κ1) is 92.1. The van der Waals surface area contributed by atoms with Gasteiger partial charge in [0.05, 0.1) is 26.4 Å². The monoisotopic (exact) mass is 1380 g/mol. The lowest BCUT2D eigenvalue weighted by atomic mass is 10.0. The molecular formula is C75H146O17P2. The summed E-state index contributed by atoms with van der Waals surface area (Å²) in [4.78, 5) is 72.7. The molecule has 0 amide bonds. The van der Waals surface area contributed by atoms with Crippen LogP contribution in [0.15, 0.2) is 0 Å². The number of carbonyl (C=O) groups excluding carboxylic acids is 4. The SMILES string of the molecule is CC(C)CCCCCCCCCCCCCCCCCCC(=O)O[C@H](COC(=O)CCCCCCCCCCC(C)C)COP(=O)(O)OCC(O)COP(=O)(O)OC[C@@H](COC(=O)CCCCCCCCCC(C)C)OC(=O)CCCCCCCCCCCCCC(C)C. The van der Waals surface area contributed by atoms with Crippen LogP contribution < -0.4 is 0 Å². The van der Waals surface area contributed by atoms with E-state index in [1.807, 2.05) is 0 Å². The van der Waals surface area contributed by atoms with E-state index in [0.717, 1.165) is 114 Å². The van der Waals surface area contributed by atoms with E-state index >= 15 is 0 Å². The number of aliphatic hydroxyl groups is 1. The predicted octanol–water partition coefficient (Wildman–Crippen LogP) is 21.7. The number of unbranched alkanes of at least 4 members (excludes halogenated alkanes) is 38. The summed E-state index contributed by atoms with van der Waals surface area (Å²) in [5.41, 5.74) is 0. The van der Waals surface area contributed by atoms with E-state index in [1.54, 1.807) is 0 Å². The lowest BCUT2D eigenvalue weighted by molar-refractivity contribution is -0.161. The van der Waals surface area contributed by atoms with Gasteiger partial charge in [0.2, 0.25) is 0 Å². The quantitative estimate of drug-likeness (QED) is 0.0222. The normalized spacial score (nSPS) is 14.2. The lowest BCUT2D eigenvalue weighted by Gasteiger charge is -2.21. The molecule has 0 fully saturated rings. The maximum absolute atomic E-state index is 13.1. The number of esters is 4. The number of carbonyl (C=O) groups is 4. The summed E-state index contributed by atoms with van der Waals surface area (Å²) in [7, 11) is -9.91. The van der Waals surface area contributed by atoms with Crippen molar-refractivity contribution in [1.82, 2.24) is 0 Å². The maximum Gasteiger partial charge on any atom is 0.472 e. The zero-order valence-corrected chi connectivity index (χ0v) is 63.4. The van der Waals surface area contributed by atoms with Crippen LogP contribution >= 0.6 is 15.6 Å². The van der Waals surface area contributed by atoms with E-state index in [4.69, 9.17) is 37.0 Å². The number of phosphoric acid groups is 2. The standard InChI is InChI=1S/C75H146O17P2/c1-65(2)51-43-35-27-20-16-13-11-9-10-12-14-18-22-32-41-49-57-74(79)91-70(61-85-72(77)55-47-39-31-25-24-29-37-45-53-67(5)6)63-89-93(81,82)87-59-69(76)60-88-94(83,84)90-64-71(62-86-73(78)56-48-40-34-26-30-38-46-54-68(7)8)92-75(80)58-50-42-33-23-19-15-17-21-28-36-44-52-66(3)4/h65-71,76H,9-64H2,1-8H3,(H,81,82)(H,83,84)/t69?,70-,71-/m1/s1. The molecule has 0 aromatic heterocycles. The van der Waals surface area contributed by atoms with E-state index in [2.05, 4.69) is 55.4 Å². The minimum absolute atomic E-state index is 0.105. The fourth-order valence-corrected chi connectivity index (χ4v) is 13.0. The molecule has 5 atom stereocenters. The van der Waals surface area contributed by atoms with Crippen LogP contribution in [-0.2, 0) is 65.4 Å². The zero-order chi connectivity index (χ0) is 69.6. The second-order valence-corrected chi connectivity index (χ2v) is 31.9. The lowest BCUT2D eigenvalue weighted by Crippen LogP contribution is -2.30. The molecule has 0 aliphatic rings. The van der Waals surface area contributed by atoms with Gasteiger partial charge in [-0.1, -0.05) is 325 Å². The third kappa shape index (κ3) is 68.6. The fraction of sp³-hybridized carbons (Fsp3) is 0.947.